The molecular weight excluding hydrogens is 297 g/mol. The molecule has 2 aromatic carbocycles. The molecule has 0 aliphatic rings. The van der Waals surface area contributed by atoms with Gasteiger partial charge < -0.3 is 10.1 Å². The Kier molecular flexibility index (Phi) is 3.32. The van der Waals surface area contributed by atoms with E-state index < -0.39 is 18.2 Å². The number of fused-ring (bicyclic) bond motifs is 1. The summed E-state index contributed by atoms with van der Waals surface area (Å²) in [6, 6.07) is 7.64. The van der Waals surface area contributed by atoms with Crippen LogP contribution in [0.3, 0.4) is 0 Å². The molecule has 0 aliphatic heterocycles. The molecule has 1 aromatic heterocycles. The molecule has 4 nitrogen and oxygen atoms in total. The molecule has 1 heterocycles. The summed E-state index contributed by atoms with van der Waals surface area (Å²) in [5.41, 5.74) is -0.263. The Labute approximate surface area is 122 Å². The number of carboxylic acid groups (broad SMARTS) is 1. The van der Waals surface area contributed by atoms with Gasteiger partial charge in [-0.2, -0.15) is 0 Å². The van der Waals surface area contributed by atoms with Gasteiger partial charge in [-0.05, 0) is 12.1 Å². The maximum absolute atomic E-state index is 13.4. The highest BCUT2D eigenvalue weighted by atomic mass is 19.3. The summed E-state index contributed by atoms with van der Waals surface area (Å²) in [4.78, 5) is 17.9. The number of aromatic carboxylic acids is 1. The average Bonchev–Trinajstić information content (AvgIpc) is 2.89. The molecule has 0 unspecified atom stereocenters. The van der Waals surface area contributed by atoms with Gasteiger partial charge >= 0.3 is 5.97 Å². The maximum Gasteiger partial charge on any atom is 0.338 e. The molecule has 0 bridgehead atoms. The number of H-pyrrole nitrogens is 1. The Morgan fingerprint density at radius 2 is 1.95 bits per heavy atom. The Balaban J connectivity index is 2.26. The summed E-state index contributed by atoms with van der Waals surface area (Å²) in [6.07, 6.45) is -2.71. The number of nitrogens with zero attached hydrogens (tertiary/aromatic N) is 1. The van der Waals surface area contributed by atoms with Gasteiger partial charge in [-0.25, -0.2) is 22.9 Å². The van der Waals surface area contributed by atoms with E-state index in [2.05, 4.69) is 9.97 Å². The minimum absolute atomic E-state index is 0.0213. The summed E-state index contributed by atoms with van der Waals surface area (Å²) in [7, 11) is 0. The number of hydrogen-bond acceptors (Lipinski definition) is 2. The van der Waals surface area contributed by atoms with E-state index in [9.17, 15) is 18.0 Å². The van der Waals surface area contributed by atoms with E-state index >= 15 is 0 Å². The fourth-order valence-electron chi connectivity index (χ4n) is 2.28. The lowest BCUT2D eigenvalue weighted by Gasteiger charge is -2.05. The van der Waals surface area contributed by atoms with Crippen molar-refractivity contribution in [2.24, 2.45) is 0 Å². The lowest BCUT2D eigenvalue weighted by atomic mass is 10.1. The standard InChI is InChI=1S/C15H9F3N2O2/c16-7-5-10(15(21)22)12-11(6-7)19-14(20-12)9-4-2-1-3-8(9)13(17)18/h1-6,13H,(H,19,20)(H,21,22). The second-order valence-corrected chi connectivity index (χ2v) is 4.63. The fraction of sp³-hybridized carbons (Fsp3) is 0.0667. The third-order valence-electron chi connectivity index (χ3n) is 3.23. The number of benzene rings is 2. The molecule has 0 amide bonds. The molecule has 112 valence electrons. The van der Waals surface area contributed by atoms with Crippen LogP contribution in [0.15, 0.2) is 36.4 Å². The molecule has 7 heteroatoms. The first kappa shape index (κ1) is 14.1. The number of imidazole rings is 1. The number of alkyl halides is 2. The van der Waals surface area contributed by atoms with Gasteiger partial charge in [0, 0.05) is 11.1 Å². The zero-order valence-corrected chi connectivity index (χ0v) is 11.0. The molecular formula is C15H9F3N2O2. The van der Waals surface area contributed by atoms with E-state index in [1.165, 1.54) is 18.2 Å². The number of aromatic nitrogens is 2. The third-order valence-corrected chi connectivity index (χ3v) is 3.23. The molecule has 0 saturated carbocycles. The van der Waals surface area contributed by atoms with Crippen molar-refractivity contribution in [1.82, 2.24) is 9.97 Å². The molecule has 0 aliphatic carbocycles. The zero-order chi connectivity index (χ0) is 15.9. The van der Waals surface area contributed by atoms with Crippen molar-refractivity contribution in [3.05, 3.63) is 53.3 Å². The van der Waals surface area contributed by atoms with Crippen LogP contribution in [0.2, 0.25) is 0 Å². The first-order chi connectivity index (χ1) is 10.5. The van der Waals surface area contributed by atoms with Crippen LogP contribution in [0.25, 0.3) is 22.4 Å². The Bertz CT molecular complexity index is 874. The summed E-state index contributed by atoms with van der Waals surface area (Å²) in [5.74, 6) is -2.02. The molecule has 0 radical (unpaired) electrons. The smallest absolute Gasteiger partial charge is 0.338 e. The van der Waals surface area contributed by atoms with Crippen molar-refractivity contribution in [2.75, 3.05) is 0 Å². The molecule has 0 fully saturated rings. The minimum Gasteiger partial charge on any atom is -0.478 e. The molecule has 3 rings (SSSR count). The van der Waals surface area contributed by atoms with Gasteiger partial charge in [0.05, 0.1) is 11.1 Å². The molecule has 0 atom stereocenters. The molecule has 3 aromatic rings. The van der Waals surface area contributed by atoms with E-state index in [1.807, 2.05) is 0 Å². The first-order valence-corrected chi connectivity index (χ1v) is 6.27. The Morgan fingerprint density at radius 1 is 1.23 bits per heavy atom. The van der Waals surface area contributed by atoms with Crippen molar-refractivity contribution in [2.45, 2.75) is 6.43 Å². The van der Waals surface area contributed by atoms with Crippen molar-refractivity contribution < 1.29 is 23.1 Å². The van der Waals surface area contributed by atoms with Gasteiger partial charge in [0.15, 0.2) is 0 Å². The summed E-state index contributed by atoms with van der Waals surface area (Å²) in [6.45, 7) is 0. The molecule has 22 heavy (non-hydrogen) atoms. The van der Waals surface area contributed by atoms with Gasteiger partial charge in [0.25, 0.3) is 6.43 Å². The average molecular weight is 306 g/mol. The lowest BCUT2D eigenvalue weighted by Crippen LogP contribution is -1.98. The Morgan fingerprint density at radius 3 is 2.64 bits per heavy atom. The monoisotopic (exact) mass is 306 g/mol. The minimum atomic E-state index is -2.71. The number of nitrogens with one attached hydrogen (secondary N) is 1. The molecule has 0 spiro atoms. The third kappa shape index (κ3) is 2.30. The summed E-state index contributed by atoms with van der Waals surface area (Å²) < 4.78 is 39.5. The van der Waals surface area contributed by atoms with Gasteiger partial charge in [0.1, 0.15) is 17.2 Å². The van der Waals surface area contributed by atoms with E-state index in [1.54, 1.807) is 6.07 Å². The second-order valence-electron chi connectivity index (χ2n) is 4.63. The number of carbonyl (C=O) groups is 1. The largest absolute Gasteiger partial charge is 0.478 e. The van der Waals surface area contributed by atoms with Crippen LogP contribution >= 0.6 is 0 Å². The fourth-order valence-corrected chi connectivity index (χ4v) is 2.28. The van der Waals surface area contributed by atoms with Gasteiger partial charge in [-0.3, -0.25) is 0 Å². The zero-order valence-electron chi connectivity index (χ0n) is 11.0. The normalized spacial score (nSPS) is 11.3. The topological polar surface area (TPSA) is 66.0 Å². The Hall–Kier alpha value is -2.83. The number of rotatable bonds is 3. The highest BCUT2D eigenvalue weighted by Gasteiger charge is 2.19. The summed E-state index contributed by atoms with van der Waals surface area (Å²) in [5, 5.41) is 9.09. The van der Waals surface area contributed by atoms with Crippen LogP contribution in [0.4, 0.5) is 13.2 Å². The van der Waals surface area contributed by atoms with E-state index in [0.717, 1.165) is 12.1 Å². The van der Waals surface area contributed by atoms with Crippen molar-refractivity contribution >= 4 is 17.0 Å². The van der Waals surface area contributed by atoms with Crippen LogP contribution in [-0.4, -0.2) is 21.0 Å². The number of halogens is 3. The van der Waals surface area contributed by atoms with E-state index in [-0.39, 0.29) is 33.5 Å². The van der Waals surface area contributed by atoms with Gasteiger partial charge in [-0.15, -0.1) is 0 Å². The quantitative estimate of drug-likeness (QED) is 0.768. The van der Waals surface area contributed by atoms with Gasteiger partial charge in [-0.1, -0.05) is 24.3 Å². The number of hydrogen-bond donors (Lipinski definition) is 2. The first-order valence-electron chi connectivity index (χ1n) is 6.27. The maximum atomic E-state index is 13.4. The van der Waals surface area contributed by atoms with Gasteiger partial charge in [0.2, 0.25) is 0 Å². The highest BCUT2D eigenvalue weighted by Crippen LogP contribution is 2.31. The second kappa shape index (κ2) is 5.18. The summed E-state index contributed by atoms with van der Waals surface area (Å²) >= 11 is 0. The predicted molar refractivity (Wildman–Crippen MR) is 73.4 cm³/mol. The van der Waals surface area contributed by atoms with Crippen LogP contribution in [0, 0.1) is 5.82 Å². The van der Waals surface area contributed by atoms with E-state index in [0.29, 0.717) is 0 Å². The predicted octanol–water partition coefficient (Wildman–Crippen LogP) is 4.00. The molecule has 2 N–H and O–H groups in total. The van der Waals surface area contributed by atoms with Crippen LogP contribution in [0.1, 0.15) is 22.3 Å². The van der Waals surface area contributed by atoms with Crippen molar-refractivity contribution in [3.8, 4) is 11.4 Å². The number of aromatic amines is 1. The van der Waals surface area contributed by atoms with Crippen molar-refractivity contribution in [3.63, 3.8) is 0 Å². The highest BCUT2D eigenvalue weighted by molar-refractivity contribution is 6.01. The van der Waals surface area contributed by atoms with Crippen LogP contribution in [-0.2, 0) is 0 Å². The SMILES string of the molecule is O=C(O)c1cc(F)cc2[nH]c(-c3ccccc3C(F)F)nc12. The van der Waals surface area contributed by atoms with Crippen LogP contribution < -0.4 is 0 Å². The lowest BCUT2D eigenvalue weighted by molar-refractivity contribution is 0.0698. The van der Waals surface area contributed by atoms with Crippen molar-refractivity contribution in [1.29, 1.82) is 0 Å². The van der Waals surface area contributed by atoms with E-state index in [4.69, 9.17) is 5.11 Å². The number of carboxylic acids is 1. The van der Waals surface area contributed by atoms with Crippen LogP contribution in [0.5, 0.6) is 0 Å². The molecule has 0 saturated heterocycles.